The molecule has 0 aromatic heterocycles. The second-order valence-corrected chi connectivity index (χ2v) is 1.85. The molecule has 0 radical (unpaired) electrons. The van der Waals surface area contributed by atoms with Crippen LogP contribution >= 0.6 is 0 Å². The molecule has 0 saturated heterocycles. The van der Waals surface area contributed by atoms with E-state index in [-0.39, 0.29) is 5.97 Å². The normalized spacial score (nSPS) is 6.82. The molecule has 0 N–H and O–H groups in total. The Hall–Kier alpha value is -1.32. The summed E-state index contributed by atoms with van der Waals surface area (Å²) in [5.41, 5.74) is 0. The molecule has 4 nitrogen and oxygen atoms in total. The molecule has 0 aromatic rings. The largest absolute Gasteiger partial charge is 0.435 e. The number of hydrogen-bond donors (Lipinski definition) is 0. The van der Waals surface area contributed by atoms with E-state index in [0.29, 0.717) is 0 Å². The minimum absolute atomic E-state index is 0.329. The van der Waals surface area contributed by atoms with Crippen molar-refractivity contribution in [3.05, 3.63) is 12.8 Å². The fourth-order valence-electron chi connectivity index (χ4n) is 0.117. The van der Waals surface area contributed by atoms with Crippen molar-refractivity contribution in [3.63, 3.8) is 0 Å². The van der Waals surface area contributed by atoms with Crippen LogP contribution in [-0.4, -0.2) is 31.4 Å². The minimum atomic E-state index is -0.329. The van der Waals surface area contributed by atoms with E-state index in [1.165, 1.54) is 11.8 Å². The number of esters is 1. The Balaban J connectivity index is 0. The van der Waals surface area contributed by atoms with Gasteiger partial charge in [0.1, 0.15) is 0 Å². The van der Waals surface area contributed by atoms with Crippen LogP contribution < -0.4 is 0 Å². The predicted molar refractivity (Wildman–Crippen MR) is 41.7 cm³/mol. The number of ether oxygens (including phenoxy) is 1. The molecule has 0 aliphatic rings. The zero-order chi connectivity index (χ0) is 9.28. The molecule has 64 valence electrons. The highest BCUT2D eigenvalue weighted by Gasteiger charge is 1.79. The van der Waals surface area contributed by atoms with Gasteiger partial charge in [0.05, 0.1) is 6.26 Å². The summed E-state index contributed by atoms with van der Waals surface area (Å²) in [7, 11) is 3.38. The Morgan fingerprint density at radius 2 is 1.91 bits per heavy atom. The highest BCUT2D eigenvalue weighted by molar-refractivity contribution is 5.66. The molecule has 0 aliphatic heterocycles. The zero-order valence-corrected chi connectivity index (χ0v) is 7.03. The SMILES string of the molecule is C=COC(C)=O.CN(C)C=O. The number of amides is 1. The molecule has 11 heavy (non-hydrogen) atoms. The predicted octanol–water partition coefficient (Wildman–Crippen LogP) is 0.397. The van der Waals surface area contributed by atoms with Crippen LogP contribution in [0.25, 0.3) is 0 Å². The van der Waals surface area contributed by atoms with Gasteiger partial charge in [-0.2, -0.15) is 0 Å². The third-order valence-corrected chi connectivity index (χ3v) is 0.460. The Morgan fingerprint density at radius 3 is 1.91 bits per heavy atom. The van der Waals surface area contributed by atoms with Crippen molar-refractivity contribution >= 4 is 12.4 Å². The monoisotopic (exact) mass is 159 g/mol. The van der Waals surface area contributed by atoms with Crippen LogP contribution in [0.15, 0.2) is 12.8 Å². The highest BCUT2D eigenvalue weighted by atomic mass is 16.5. The van der Waals surface area contributed by atoms with Crippen molar-refractivity contribution in [2.45, 2.75) is 6.92 Å². The van der Waals surface area contributed by atoms with Crippen molar-refractivity contribution in [1.82, 2.24) is 4.90 Å². The summed E-state index contributed by atoms with van der Waals surface area (Å²) in [6.45, 7) is 4.48. The van der Waals surface area contributed by atoms with Gasteiger partial charge in [0, 0.05) is 21.0 Å². The molecule has 1 amide bonds. The molecule has 0 bridgehead atoms. The van der Waals surface area contributed by atoms with E-state index in [1.807, 2.05) is 0 Å². The number of carbonyl (C=O) groups excluding carboxylic acids is 2. The van der Waals surface area contributed by atoms with Gasteiger partial charge in [0.25, 0.3) is 0 Å². The third kappa shape index (κ3) is 28.6. The standard InChI is InChI=1S/C4H6O2.C3H7NO/c1-3-6-4(2)5;1-4(2)3-5/h3H,1H2,2H3;3H,1-2H3. The summed E-state index contributed by atoms with van der Waals surface area (Å²) in [5, 5.41) is 0. The molecule has 0 rings (SSSR count). The van der Waals surface area contributed by atoms with Gasteiger partial charge >= 0.3 is 5.97 Å². The summed E-state index contributed by atoms with van der Waals surface area (Å²) in [4.78, 5) is 20.6. The van der Waals surface area contributed by atoms with Gasteiger partial charge in [0.15, 0.2) is 0 Å². The molecular formula is C7H13NO3. The van der Waals surface area contributed by atoms with Crippen LogP contribution in [0.4, 0.5) is 0 Å². The van der Waals surface area contributed by atoms with Gasteiger partial charge in [-0.3, -0.25) is 9.59 Å². The topological polar surface area (TPSA) is 46.6 Å². The van der Waals surface area contributed by atoms with E-state index in [4.69, 9.17) is 0 Å². The van der Waals surface area contributed by atoms with Crippen molar-refractivity contribution in [2.75, 3.05) is 14.1 Å². The maximum atomic E-state index is 9.75. The van der Waals surface area contributed by atoms with Crippen molar-refractivity contribution in [1.29, 1.82) is 0 Å². The number of rotatable bonds is 2. The van der Waals surface area contributed by atoms with Crippen LogP contribution in [-0.2, 0) is 14.3 Å². The van der Waals surface area contributed by atoms with Crippen molar-refractivity contribution in [3.8, 4) is 0 Å². The van der Waals surface area contributed by atoms with E-state index in [1.54, 1.807) is 14.1 Å². The van der Waals surface area contributed by atoms with E-state index in [0.717, 1.165) is 12.7 Å². The minimum Gasteiger partial charge on any atom is -0.435 e. The van der Waals surface area contributed by atoms with E-state index < -0.39 is 0 Å². The zero-order valence-electron chi connectivity index (χ0n) is 7.03. The van der Waals surface area contributed by atoms with Crippen LogP contribution in [0, 0.1) is 0 Å². The molecule has 0 aliphatic carbocycles. The number of carbonyl (C=O) groups is 2. The quantitative estimate of drug-likeness (QED) is 0.333. The highest BCUT2D eigenvalue weighted by Crippen LogP contribution is 1.70. The molecule has 0 atom stereocenters. The molecule has 0 aromatic carbocycles. The van der Waals surface area contributed by atoms with Crippen molar-refractivity contribution in [2.24, 2.45) is 0 Å². The summed E-state index contributed by atoms with van der Waals surface area (Å²) in [5.74, 6) is -0.329. The lowest BCUT2D eigenvalue weighted by molar-refractivity contribution is -0.135. The first-order valence-electron chi connectivity index (χ1n) is 2.94. The van der Waals surface area contributed by atoms with Crippen LogP contribution in [0.3, 0.4) is 0 Å². The Labute approximate surface area is 66.4 Å². The summed E-state index contributed by atoms with van der Waals surface area (Å²) < 4.78 is 4.17. The number of hydrogen-bond acceptors (Lipinski definition) is 3. The molecule has 0 fully saturated rings. The molecule has 0 heterocycles. The van der Waals surface area contributed by atoms with Crippen LogP contribution in [0.1, 0.15) is 6.92 Å². The van der Waals surface area contributed by atoms with Crippen LogP contribution in [0.2, 0.25) is 0 Å². The fourth-order valence-corrected chi connectivity index (χ4v) is 0.117. The molecule has 0 saturated carbocycles. The maximum Gasteiger partial charge on any atom is 0.307 e. The van der Waals surface area contributed by atoms with Gasteiger partial charge < -0.3 is 9.64 Å². The molecular weight excluding hydrogens is 146 g/mol. The average Bonchev–Trinajstić information content (AvgIpc) is 1.89. The van der Waals surface area contributed by atoms with Gasteiger partial charge in [-0.15, -0.1) is 0 Å². The lowest BCUT2D eigenvalue weighted by Crippen LogP contribution is -2.06. The summed E-state index contributed by atoms with van der Waals surface area (Å²) in [6, 6.07) is 0. The van der Waals surface area contributed by atoms with Gasteiger partial charge in [-0.05, 0) is 0 Å². The lowest BCUT2D eigenvalue weighted by Gasteiger charge is -1.93. The number of nitrogens with zero attached hydrogens (tertiary/aromatic N) is 1. The average molecular weight is 159 g/mol. The first-order chi connectivity index (χ1) is 5.04. The Bertz CT molecular complexity index is 132. The lowest BCUT2D eigenvalue weighted by atomic mass is 10.8. The second-order valence-electron chi connectivity index (χ2n) is 1.85. The smallest absolute Gasteiger partial charge is 0.307 e. The van der Waals surface area contributed by atoms with Gasteiger partial charge in [-0.25, -0.2) is 0 Å². The maximum absolute atomic E-state index is 9.75. The van der Waals surface area contributed by atoms with E-state index >= 15 is 0 Å². The Kier molecular flexibility index (Phi) is 9.76. The fraction of sp³-hybridized carbons (Fsp3) is 0.429. The summed E-state index contributed by atoms with van der Waals surface area (Å²) >= 11 is 0. The second kappa shape index (κ2) is 8.68. The van der Waals surface area contributed by atoms with Crippen LogP contribution in [0.5, 0.6) is 0 Å². The van der Waals surface area contributed by atoms with Gasteiger partial charge in [0.2, 0.25) is 6.41 Å². The summed E-state index contributed by atoms with van der Waals surface area (Å²) in [6.07, 6.45) is 1.85. The van der Waals surface area contributed by atoms with E-state index in [2.05, 4.69) is 11.3 Å². The first-order valence-corrected chi connectivity index (χ1v) is 2.94. The Morgan fingerprint density at radius 1 is 1.55 bits per heavy atom. The van der Waals surface area contributed by atoms with Gasteiger partial charge in [-0.1, -0.05) is 6.58 Å². The van der Waals surface area contributed by atoms with E-state index in [9.17, 15) is 9.59 Å². The molecule has 4 heteroatoms. The van der Waals surface area contributed by atoms with Crippen molar-refractivity contribution < 1.29 is 14.3 Å². The molecule has 0 unspecified atom stereocenters. The molecule has 0 spiro atoms. The first kappa shape index (κ1) is 12.4. The third-order valence-electron chi connectivity index (χ3n) is 0.460.